The number of halogens is 3. The molecule has 0 saturated heterocycles. The van der Waals surface area contributed by atoms with E-state index in [2.05, 4.69) is 4.74 Å². The minimum absolute atomic E-state index is 0.0819. The lowest BCUT2D eigenvalue weighted by atomic mass is 10.2. The highest BCUT2D eigenvalue weighted by molar-refractivity contribution is 7.93. The van der Waals surface area contributed by atoms with E-state index in [-0.39, 0.29) is 12.3 Å². The van der Waals surface area contributed by atoms with Crippen LogP contribution < -0.4 is 13.8 Å². The van der Waals surface area contributed by atoms with Crippen molar-refractivity contribution in [1.29, 1.82) is 0 Å². The molecule has 25 heavy (non-hydrogen) atoms. The third-order valence-corrected chi connectivity index (χ3v) is 5.56. The molecular formula is C16H14F3NO4S. The van der Waals surface area contributed by atoms with Gasteiger partial charge in [0.1, 0.15) is 23.0 Å². The lowest BCUT2D eigenvalue weighted by Crippen LogP contribution is -2.45. The van der Waals surface area contributed by atoms with Crippen molar-refractivity contribution in [3.8, 4) is 11.5 Å². The maximum atomic E-state index is 13.1. The molecule has 2 aromatic rings. The molecule has 134 valence electrons. The molecule has 0 N–H and O–H groups in total. The van der Waals surface area contributed by atoms with Crippen LogP contribution >= 0.6 is 0 Å². The van der Waals surface area contributed by atoms with Crippen LogP contribution in [0, 0.1) is 0 Å². The number of para-hydroxylation sites is 3. The van der Waals surface area contributed by atoms with Gasteiger partial charge in [-0.1, -0.05) is 24.3 Å². The Morgan fingerprint density at radius 1 is 1.12 bits per heavy atom. The molecule has 0 fully saturated rings. The molecule has 0 unspecified atom stereocenters. The van der Waals surface area contributed by atoms with Crippen molar-refractivity contribution in [1.82, 2.24) is 0 Å². The second-order valence-electron chi connectivity index (χ2n) is 5.42. The Kier molecular flexibility index (Phi) is 4.28. The zero-order chi connectivity index (χ0) is 18.2. The lowest BCUT2D eigenvalue weighted by Gasteiger charge is -2.35. The maximum absolute atomic E-state index is 13.1. The van der Waals surface area contributed by atoms with Crippen molar-refractivity contribution in [3.63, 3.8) is 0 Å². The summed E-state index contributed by atoms with van der Waals surface area (Å²) in [4.78, 5) is -0.559. The minimum atomic E-state index is -5.00. The Bertz CT molecular complexity index is 883. The highest BCUT2D eigenvalue weighted by Gasteiger charge is 2.39. The van der Waals surface area contributed by atoms with E-state index in [1.807, 2.05) is 0 Å². The Morgan fingerprint density at radius 3 is 2.48 bits per heavy atom. The molecule has 9 heteroatoms. The van der Waals surface area contributed by atoms with E-state index in [1.165, 1.54) is 18.2 Å². The molecule has 1 aliphatic heterocycles. The monoisotopic (exact) mass is 373 g/mol. The first-order valence-electron chi connectivity index (χ1n) is 7.31. The number of ether oxygens (including phenoxy) is 2. The highest BCUT2D eigenvalue weighted by atomic mass is 32.2. The summed E-state index contributed by atoms with van der Waals surface area (Å²) in [7, 11) is -4.30. The number of rotatable bonds is 3. The van der Waals surface area contributed by atoms with Gasteiger partial charge in [0.15, 0.2) is 0 Å². The normalized spacial score (nSPS) is 17.6. The van der Waals surface area contributed by atoms with E-state index < -0.39 is 33.1 Å². The molecule has 0 aliphatic carbocycles. The molecule has 1 atom stereocenters. The average Bonchev–Trinajstić information content (AvgIpc) is 2.53. The molecule has 0 bridgehead atoms. The van der Waals surface area contributed by atoms with Crippen LogP contribution in [-0.4, -0.2) is 27.4 Å². The highest BCUT2D eigenvalue weighted by Crippen LogP contribution is 2.40. The quantitative estimate of drug-likeness (QED) is 0.826. The summed E-state index contributed by atoms with van der Waals surface area (Å²) in [6.07, 6.45) is -5.00. The summed E-state index contributed by atoms with van der Waals surface area (Å²) in [6.45, 7) is 1.69. The molecule has 0 saturated carbocycles. The van der Waals surface area contributed by atoms with Crippen molar-refractivity contribution in [3.05, 3.63) is 48.5 Å². The molecule has 1 aliphatic rings. The molecule has 1 heterocycles. The standard InChI is InChI=1S/C16H14F3NO4S/c1-11-10-23-13-7-3-2-6-12(13)20(11)25(21,22)15-9-5-4-8-14(15)24-16(17,18)19/h2-9,11H,10H2,1H3/t11-/m0/s1. The lowest BCUT2D eigenvalue weighted by molar-refractivity contribution is -0.275. The van der Waals surface area contributed by atoms with Crippen LogP contribution in [-0.2, 0) is 10.0 Å². The molecule has 0 spiro atoms. The SMILES string of the molecule is C[C@H]1COc2ccccc2N1S(=O)(=O)c1ccccc1OC(F)(F)F. The van der Waals surface area contributed by atoms with Gasteiger partial charge < -0.3 is 9.47 Å². The number of fused-ring (bicyclic) bond motifs is 1. The number of sulfonamides is 1. The second-order valence-corrected chi connectivity index (χ2v) is 7.21. The number of nitrogens with zero attached hydrogens (tertiary/aromatic N) is 1. The van der Waals surface area contributed by atoms with Crippen LogP contribution in [0.5, 0.6) is 11.5 Å². The van der Waals surface area contributed by atoms with Crippen molar-refractivity contribution in [2.75, 3.05) is 10.9 Å². The van der Waals surface area contributed by atoms with Gasteiger partial charge in [-0.05, 0) is 31.2 Å². The molecule has 2 aromatic carbocycles. The first-order valence-corrected chi connectivity index (χ1v) is 8.75. The van der Waals surface area contributed by atoms with Crippen molar-refractivity contribution in [2.24, 2.45) is 0 Å². The third kappa shape index (κ3) is 3.37. The molecule has 3 rings (SSSR count). The average molecular weight is 373 g/mol. The predicted octanol–water partition coefficient (Wildman–Crippen LogP) is 3.56. The van der Waals surface area contributed by atoms with E-state index >= 15 is 0 Å². The first-order chi connectivity index (χ1) is 11.7. The van der Waals surface area contributed by atoms with E-state index in [0.29, 0.717) is 5.75 Å². The summed E-state index contributed by atoms with van der Waals surface area (Å²) in [5.74, 6) is -0.426. The van der Waals surface area contributed by atoms with Gasteiger partial charge in [0.05, 0.1) is 11.7 Å². The van der Waals surface area contributed by atoms with Crippen molar-refractivity contribution < 1.29 is 31.1 Å². The largest absolute Gasteiger partial charge is 0.573 e. The Morgan fingerprint density at radius 2 is 1.76 bits per heavy atom. The van der Waals surface area contributed by atoms with Crippen LogP contribution in [0.3, 0.4) is 0 Å². The Labute approximate surface area is 142 Å². The third-order valence-electron chi connectivity index (χ3n) is 3.59. The topological polar surface area (TPSA) is 55.8 Å². The smallest absolute Gasteiger partial charge is 0.489 e. The van der Waals surface area contributed by atoms with Crippen LogP contribution in [0.1, 0.15) is 6.92 Å². The maximum Gasteiger partial charge on any atom is 0.573 e. The summed E-state index contributed by atoms with van der Waals surface area (Å²) >= 11 is 0. The summed E-state index contributed by atoms with van der Waals surface area (Å²) in [5.41, 5.74) is 0.267. The van der Waals surface area contributed by atoms with Gasteiger partial charge in [0, 0.05) is 0 Å². The summed E-state index contributed by atoms with van der Waals surface area (Å²) < 4.78 is 74.5. The number of anilines is 1. The molecule has 0 aromatic heterocycles. The first kappa shape index (κ1) is 17.4. The molecular weight excluding hydrogens is 359 g/mol. The van der Waals surface area contributed by atoms with Gasteiger partial charge in [0.25, 0.3) is 10.0 Å². The van der Waals surface area contributed by atoms with Gasteiger partial charge in [-0.25, -0.2) is 8.42 Å². The van der Waals surface area contributed by atoms with Crippen LogP contribution in [0.2, 0.25) is 0 Å². The number of hydrogen-bond donors (Lipinski definition) is 0. The zero-order valence-corrected chi connectivity index (χ0v) is 13.8. The zero-order valence-electron chi connectivity index (χ0n) is 13.0. The Hall–Kier alpha value is -2.42. The van der Waals surface area contributed by atoms with Crippen LogP contribution in [0.25, 0.3) is 0 Å². The van der Waals surface area contributed by atoms with Gasteiger partial charge in [-0.15, -0.1) is 13.2 Å². The fourth-order valence-electron chi connectivity index (χ4n) is 2.62. The van der Waals surface area contributed by atoms with Gasteiger partial charge in [0.2, 0.25) is 0 Å². The summed E-state index contributed by atoms with van der Waals surface area (Å²) in [5, 5.41) is 0. The number of alkyl halides is 3. The second kappa shape index (κ2) is 6.14. The van der Waals surface area contributed by atoms with Crippen LogP contribution in [0.15, 0.2) is 53.4 Å². The number of hydrogen-bond acceptors (Lipinski definition) is 4. The molecule has 5 nitrogen and oxygen atoms in total. The molecule has 0 amide bonds. The van der Waals surface area contributed by atoms with Gasteiger partial charge in [-0.2, -0.15) is 0 Å². The Balaban J connectivity index is 2.12. The van der Waals surface area contributed by atoms with E-state index in [9.17, 15) is 21.6 Å². The van der Waals surface area contributed by atoms with Gasteiger partial charge >= 0.3 is 6.36 Å². The van der Waals surface area contributed by atoms with Crippen molar-refractivity contribution >= 4 is 15.7 Å². The van der Waals surface area contributed by atoms with Crippen molar-refractivity contribution in [2.45, 2.75) is 24.2 Å². The fraction of sp³-hybridized carbons (Fsp3) is 0.250. The van der Waals surface area contributed by atoms with E-state index in [1.54, 1.807) is 25.1 Å². The van der Waals surface area contributed by atoms with E-state index in [4.69, 9.17) is 4.74 Å². The molecule has 0 radical (unpaired) electrons. The van der Waals surface area contributed by atoms with Crippen LogP contribution in [0.4, 0.5) is 18.9 Å². The minimum Gasteiger partial charge on any atom is -0.489 e. The predicted molar refractivity (Wildman–Crippen MR) is 84.2 cm³/mol. The van der Waals surface area contributed by atoms with E-state index in [0.717, 1.165) is 16.4 Å². The van der Waals surface area contributed by atoms with Gasteiger partial charge in [-0.3, -0.25) is 4.31 Å². The summed E-state index contributed by atoms with van der Waals surface area (Å²) in [6, 6.07) is 10.5. The number of benzene rings is 2. The fourth-order valence-corrected chi connectivity index (χ4v) is 4.39.